The minimum absolute atomic E-state index is 0.00148. The maximum atomic E-state index is 12.6. The lowest BCUT2D eigenvalue weighted by Crippen LogP contribution is -2.53. The summed E-state index contributed by atoms with van der Waals surface area (Å²) in [6.45, 7) is 4.76. The summed E-state index contributed by atoms with van der Waals surface area (Å²) in [6.07, 6.45) is 10.7. The van der Waals surface area contributed by atoms with Crippen molar-refractivity contribution < 1.29 is 14.7 Å². The highest BCUT2D eigenvalue weighted by molar-refractivity contribution is 5.90. The minimum Gasteiger partial charge on any atom is -0.458 e. The van der Waals surface area contributed by atoms with Gasteiger partial charge in [0.1, 0.15) is 6.10 Å². The summed E-state index contributed by atoms with van der Waals surface area (Å²) in [5.41, 5.74) is 9.59. The van der Waals surface area contributed by atoms with Crippen LogP contribution >= 0.6 is 0 Å². The second kappa shape index (κ2) is 7.39. The average molecular weight is 423 g/mol. The number of allylic oxidation sites excluding steroid dienone is 1. The van der Waals surface area contributed by atoms with E-state index in [2.05, 4.69) is 25.1 Å². The number of rotatable bonds is 2. The van der Waals surface area contributed by atoms with Gasteiger partial charge in [-0.25, -0.2) is 4.79 Å². The van der Waals surface area contributed by atoms with Gasteiger partial charge in [0.25, 0.3) is 0 Å². The third-order valence-electron chi connectivity index (χ3n) is 9.09. The van der Waals surface area contributed by atoms with Gasteiger partial charge in [0, 0.05) is 18.0 Å². The monoisotopic (exact) mass is 422 g/mol. The molecule has 1 aromatic rings. The Kier molecular flexibility index (Phi) is 4.91. The number of hydrogen-bond acceptors (Lipinski definition) is 5. The molecule has 3 fully saturated rings. The molecule has 0 heterocycles. The Morgan fingerprint density at radius 3 is 2.71 bits per heavy atom. The van der Waals surface area contributed by atoms with Crippen LogP contribution in [-0.4, -0.2) is 23.0 Å². The fraction of sp³-hybridized carbons (Fsp3) is 0.615. The number of carbonyl (C=O) groups excluding carboxylic acids is 1. The van der Waals surface area contributed by atoms with Crippen LogP contribution < -0.4 is 5.73 Å². The van der Waals surface area contributed by atoms with E-state index in [1.165, 1.54) is 24.8 Å². The number of nitrogens with two attached hydrogens (primary N) is 1. The Balaban J connectivity index is 1.36. The van der Waals surface area contributed by atoms with E-state index in [1.807, 2.05) is 0 Å². The average Bonchev–Trinajstić information content (AvgIpc) is 3.15. The van der Waals surface area contributed by atoms with Crippen LogP contribution in [0.3, 0.4) is 0 Å². The molecule has 5 nitrogen and oxygen atoms in total. The Bertz CT molecular complexity index is 936. The van der Waals surface area contributed by atoms with Crippen molar-refractivity contribution in [3.8, 4) is 0 Å². The second-order valence-electron chi connectivity index (χ2n) is 10.8. The maximum absolute atomic E-state index is 12.6. The Labute approximate surface area is 184 Å². The predicted octanol–water partition coefficient (Wildman–Crippen LogP) is 5.59. The zero-order chi connectivity index (χ0) is 21.8. The van der Waals surface area contributed by atoms with Crippen molar-refractivity contribution in [3.63, 3.8) is 0 Å². The van der Waals surface area contributed by atoms with Crippen LogP contribution in [0.2, 0.25) is 0 Å². The molecule has 0 saturated heterocycles. The molecule has 5 heteroatoms. The molecule has 0 unspecified atom stereocenters. The lowest BCUT2D eigenvalue weighted by Gasteiger charge is -2.57. The molecule has 4 aliphatic carbocycles. The molecule has 6 atom stereocenters. The van der Waals surface area contributed by atoms with Crippen molar-refractivity contribution >= 4 is 17.4 Å². The third-order valence-corrected chi connectivity index (χ3v) is 9.09. The number of oxime groups is 1. The molecule has 0 aliphatic heterocycles. The molecule has 3 N–H and O–H groups in total. The first-order valence-corrected chi connectivity index (χ1v) is 11.8. The topological polar surface area (TPSA) is 84.9 Å². The third kappa shape index (κ3) is 3.28. The van der Waals surface area contributed by atoms with Crippen molar-refractivity contribution in [3.05, 3.63) is 41.5 Å². The van der Waals surface area contributed by atoms with Crippen LogP contribution in [0.4, 0.5) is 5.69 Å². The van der Waals surface area contributed by atoms with E-state index >= 15 is 0 Å². The van der Waals surface area contributed by atoms with E-state index in [0.29, 0.717) is 23.1 Å². The highest BCUT2D eigenvalue weighted by atomic mass is 16.5. The molecule has 0 amide bonds. The molecule has 5 rings (SSSR count). The largest absolute Gasteiger partial charge is 0.458 e. The minimum atomic E-state index is -0.278. The van der Waals surface area contributed by atoms with E-state index in [-0.39, 0.29) is 22.9 Å². The SMILES string of the molecule is C[C@@]12CCC[C@H]1[C@@H]1CC=C3C[C@@H](OC(=O)c4ccc(N)cc4)CC[C@]3(C)[C@H]1C(=NO)C2. The van der Waals surface area contributed by atoms with Crippen molar-refractivity contribution in [2.24, 2.45) is 33.7 Å². The summed E-state index contributed by atoms with van der Waals surface area (Å²) in [5, 5.41) is 13.9. The fourth-order valence-electron chi connectivity index (χ4n) is 7.54. The number of benzene rings is 1. The zero-order valence-electron chi connectivity index (χ0n) is 18.6. The first-order valence-electron chi connectivity index (χ1n) is 11.8. The molecule has 0 spiro atoms. The van der Waals surface area contributed by atoms with Gasteiger partial charge in [0.05, 0.1) is 11.3 Å². The lowest BCUT2D eigenvalue weighted by atomic mass is 9.47. The van der Waals surface area contributed by atoms with Crippen LogP contribution in [-0.2, 0) is 4.74 Å². The quantitative estimate of drug-likeness (QED) is 0.214. The summed E-state index contributed by atoms with van der Waals surface area (Å²) < 4.78 is 5.89. The van der Waals surface area contributed by atoms with E-state index in [0.717, 1.165) is 43.7 Å². The molecular weight excluding hydrogens is 388 g/mol. The molecule has 0 aromatic heterocycles. The van der Waals surface area contributed by atoms with Crippen LogP contribution in [0, 0.1) is 28.6 Å². The Morgan fingerprint density at radius 2 is 1.97 bits per heavy atom. The zero-order valence-corrected chi connectivity index (χ0v) is 18.6. The summed E-state index contributed by atoms with van der Waals surface area (Å²) in [5.74, 6) is 1.32. The first-order chi connectivity index (χ1) is 14.8. The van der Waals surface area contributed by atoms with Crippen LogP contribution in [0.25, 0.3) is 0 Å². The van der Waals surface area contributed by atoms with Gasteiger partial charge in [0.2, 0.25) is 0 Å². The Morgan fingerprint density at radius 1 is 1.19 bits per heavy atom. The van der Waals surface area contributed by atoms with Crippen molar-refractivity contribution in [2.45, 2.75) is 71.3 Å². The van der Waals surface area contributed by atoms with E-state index < -0.39 is 0 Å². The van der Waals surface area contributed by atoms with Crippen LogP contribution in [0.1, 0.15) is 75.6 Å². The van der Waals surface area contributed by atoms with E-state index in [1.54, 1.807) is 24.3 Å². The second-order valence-corrected chi connectivity index (χ2v) is 10.8. The fourth-order valence-corrected chi connectivity index (χ4v) is 7.54. The number of ether oxygens (including phenoxy) is 1. The smallest absolute Gasteiger partial charge is 0.338 e. The molecule has 3 saturated carbocycles. The molecule has 0 radical (unpaired) electrons. The molecule has 0 bridgehead atoms. The number of nitrogen functional groups attached to an aromatic ring is 1. The number of esters is 1. The first kappa shape index (κ1) is 20.6. The highest BCUT2D eigenvalue weighted by Gasteiger charge is 2.58. The summed E-state index contributed by atoms with van der Waals surface area (Å²) in [4.78, 5) is 12.6. The van der Waals surface area contributed by atoms with Crippen molar-refractivity contribution in [1.82, 2.24) is 0 Å². The maximum Gasteiger partial charge on any atom is 0.338 e. The molecular formula is C26H34N2O3. The number of fused-ring (bicyclic) bond motifs is 5. The van der Waals surface area contributed by atoms with Gasteiger partial charge in [-0.3, -0.25) is 0 Å². The summed E-state index contributed by atoms with van der Waals surface area (Å²) >= 11 is 0. The number of anilines is 1. The molecule has 166 valence electrons. The van der Waals surface area contributed by atoms with Gasteiger partial charge in [-0.15, -0.1) is 0 Å². The molecule has 4 aliphatic rings. The van der Waals surface area contributed by atoms with Crippen molar-refractivity contribution in [1.29, 1.82) is 0 Å². The predicted molar refractivity (Wildman–Crippen MR) is 121 cm³/mol. The van der Waals surface area contributed by atoms with Crippen LogP contribution in [0.5, 0.6) is 0 Å². The van der Waals surface area contributed by atoms with Crippen molar-refractivity contribution in [2.75, 3.05) is 5.73 Å². The van der Waals surface area contributed by atoms with Crippen LogP contribution in [0.15, 0.2) is 41.1 Å². The number of nitrogens with zero attached hydrogens (tertiary/aromatic N) is 1. The molecule has 31 heavy (non-hydrogen) atoms. The van der Waals surface area contributed by atoms with Gasteiger partial charge in [-0.1, -0.05) is 37.1 Å². The Hall–Kier alpha value is -2.30. The van der Waals surface area contributed by atoms with Gasteiger partial charge in [-0.2, -0.15) is 0 Å². The highest BCUT2D eigenvalue weighted by Crippen LogP contribution is 2.64. The van der Waals surface area contributed by atoms with Gasteiger partial charge >= 0.3 is 5.97 Å². The van der Waals surface area contributed by atoms with Gasteiger partial charge < -0.3 is 15.7 Å². The normalized spacial score (nSPS) is 40.5. The number of carbonyl (C=O) groups is 1. The summed E-state index contributed by atoms with van der Waals surface area (Å²) in [7, 11) is 0. The van der Waals surface area contributed by atoms with E-state index in [9.17, 15) is 10.0 Å². The van der Waals surface area contributed by atoms with Gasteiger partial charge in [-0.05, 0) is 85.5 Å². The standard InChI is InChI=1S/C26H34N2O3/c1-25-12-3-4-21(25)20-10-7-17-14-19(31-24(29)16-5-8-18(27)9-6-16)11-13-26(17,2)23(20)22(15-25)28-30/h5-9,19-21,23,30H,3-4,10-15,27H2,1-2H3/t19-,20-,21-,23+,25-,26-/m0/s1. The van der Waals surface area contributed by atoms with Gasteiger partial charge in [0.15, 0.2) is 0 Å². The molecule has 1 aromatic carbocycles. The van der Waals surface area contributed by atoms with E-state index in [4.69, 9.17) is 10.5 Å². The number of hydrogen-bond donors (Lipinski definition) is 2. The summed E-state index contributed by atoms with van der Waals surface area (Å²) in [6, 6.07) is 6.90. The lowest BCUT2D eigenvalue weighted by molar-refractivity contribution is -0.00102.